The number of halogens is 4. The molecule has 376 valence electrons. The number of likely N-dealkylation sites (tertiary alicyclic amines) is 2. The highest BCUT2D eigenvalue weighted by Gasteiger charge is 2.48. The van der Waals surface area contributed by atoms with Crippen molar-refractivity contribution in [2.24, 2.45) is 17.8 Å². The van der Waals surface area contributed by atoms with E-state index in [1.165, 1.54) is 35.4 Å². The summed E-state index contributed by atoms with van der Waals surface area (Å²) in [5, 5.41) is 2.03. The summed E-state index contributed by atoms with van der Waals surface area (Å²) >= 11 is 0. The van der Waals surface area contributed by atoms with Gasteiger partial charge in [0.1, 0.15) is 42.2 Å². The molecule has 0 saturated carbocycles. The van der Waals surface area contributed by atoms with Crippen molar-refractivity contribution in [3.8, 4) is 0 Å². The van der Waals surface area contributed by atoms with Crippen LogP contribution in [-0.2, 0) is 4.74 Å². The van der Waals surface area contributed by atoms with Gasteiger partial charge in [0.25, 0.3) is 0 Å². The lowest BCUT2D eigenvalue weighted by molar-refractivity contribution is 0.137. The highest BCUT2D eigenvalue weighted by Crippen LogP contribution is 2.50. The maximum Gasteiger partial charge on any atom is 0.146 e. The van der Waals surface area contributed by atoms with Gasteiger partial charge in [-0.15, -0.1) is 0 Å². The molecule has 0 radical (unpaired) electrons. The minimum Gasteiger partial charge on any atom is -0.489 e. The van der Waals surface area contributed by atoms with Crippen molar-refractivity contribution >= 4 is 17.8 Å². The molecular weight excluding hydrogens is 917 g/mol. The second kappa shape index (κ2) is 18.5. The van der Waals surface area contributed by atoms with E-state index in [-0.39, 0.29) is 36.6 Å². The predicted molar refractivity (Wildman–Crippen MR) is 283 cm³/mol. The molecule has 73 heavy (non-hydrogen) atoms. The fraction of sp³-hybridized carbons (Fsp3) is 0.438. The Balaban J connectivity index is 0.727. The molecule has 9 heteroatoms. The van der Waals surface area contributed by atoms with Crippen LogP contribution in [0.15, 0.2) is 185 Å². The number of alkyl halides is 3. The molecule has 2 saturated heterocycles. The molecule has 14 atom stereocenters. The molecule has 14 rings (SSSR count). The average molecular weight is 983 g/mol. The summed E-state index contributed by atoms with van der Waals surface area (Å²) in [5.74, 6) is 1.26. The van der Waals surface area contributed by atoms with Gasteiger partial charge in [0.05, 0.1) is 17.8 Å². The minimum atomic E-state index is -1.45. The van der Waals surface area contributed by atoms with Gasteiger partial charge in [0, 0.05) is 83.1 Å². The number of ether oxygens (including phenoxy) is 1. The molecule has 1 aromatic rings. The number of hydrogen-bond acceptors (Lipinski definition) is 5. The zero-order valence-corrected chi connectivity index (χ0v) is 41.5. The molecule has 14 unspecified atom stereocenters. The highest BCUT2D eigenvalue weighted by atomic mass is 19.2. The lowest BCUT2D eigenvalue weighted by Crippen LogP contribution is -2.51. The Morgan fingerprint density at radius 3 is 2.37 bits per heavy atom. The smallest absolute Gasteiger partial charge is 0.146 e. The van der Waals surface area contributed by atoms with E-state index in [1.54, 1.807) is 12.2 Å². The third-order valence-electron chi connectivity index (χ3n) is 18.7. The number of allylic oxidation sites excluding steroid dienone is 16. The monoisotopic (exact) mass is 983 g/mol. The number of benzene rings is 1. The average Bonchev–Trinajstić information content (AvgIpc) is 4.07. The Morgan fingerprint density at radius 1 is 0.671 bits per heavy atom. The number of hydrogen-bond donors (Lipinski definition) is 0. The van der Waals surface area contributed by atoms with Crippen LogP contribution in [0.3, 0.4) is 0 Å². The van der Waals surface area contributed by atoms with Gasteiger partial charge >= 0.3 is 0 Å². The first-order valence-corrected chi connectivity index (χ1v) is 27.7. The quantitative estimate of drug-likeness (QED) is 0.191. The molecule has 0 N–H and O–H groups in total. The SMILES string of the molecule is FC1=C(N(C2=CCC(N3C4=CCCC=C4C4CCC=CC43)CC2)C2C=CC3=C(C2)OC2C=c4cc(N(C5=CCC(N6C7CC=CC=C7C7C=CC=CC76)CC5)C5C(F)C=CCC5F)ccc4=CC32)C(F)CC=C1. The molecule has 0 bridgehead atoms. The van der Waals surface area contributed by atoms with E-state index in [2.05, 4.69) is 125 Å². The standard InChI is InChI=1S/C64H66F4N4O/c65-53-15-9-16-54(66)63(53)69(41-25-29-43(30-26-41)71-57-19-5-1-11-47(57)48-12-2-6-20-58(48)71)45-24-23-39-36-52-51-34-33-46(38-62(51)73-61(52)37-40(39)35-45)70(64-55(67)17-10-18-56(64)68)42-27-31-44(32-28-42)72-59-21-7-3-13-49(59)50-14-4-8-22-60(50)72/h1-2,5-7,9-12,14-15,17,19,21-25,27,33-37,43-44,46-47,49,52-54,56-59,61,63H,3-4,8,13,16,18,20,26,28-32,38H2. The molecule has 13 aliphatic rings. The molecule has 0 spiro atoms. The van der Waals surface area contributed by atoms with Gasteiger partial charge in [-0.1, -0.05) is 122 Å². The topological polar surface area (TPSA) is 22.2 Å². The number of anilines is 1. The van der Waals surface area contributed by atoms with Crippen LogP contribution < -0.4 is 15.3 Å². The third-order valence-corrected chi connectivity index (χ3v) is 18.7. The van der Waals surface area contributed by atoms with E-state index in [0.29, 0.717) is 48.5 Å². The second-order valence-electron chi connectivity index (χ2n) is 22.6. The predicted octanol–water partition coefficient (Wildman–Crippen LogP) is 12.3. The van der Waals surface area contributed by atoms with Crippen molar-refractivity contribution in [1.29, 1.82) is 0 Å². The van der Waals surface area contributed by atoms with Gasteiger partial charge in [-0.05, 0) is 123 Å². The molecule has 3 aliphatic heterocycles. The van der Waals surface area contributed by atoms with E-state index >= 15 is 17.6 Å². The second-order valence-corrected chi connectivity index (χ2v) is 22.6. The van der Waals surface area contributed by atoms with Crippen LogP contribution in [-0.4, -0.2) is 81.6 Å². The van der Waals surface area contributed by atoms with Crippen molar-refractivity contribution in [3.05, 3.63) is 195 Å². The number of rotatable bonds is 8. The summed E-state index contributed by atoms with van der Waals surface area (Å²) in [6.45, 7) is 0. The summed E-state index contributed by atoms with van der Waals surface area (Å²) in [5.41, 5.74) is 8.43. The van der Waals surface area contributed by atoms with Crippen LogP contribution in [0.4, 0.5) is 23.2 Å². The Bertz CT molecular complexity index is 3050. The summed E-state index contributed by atoms with van der Waals surface area (Å²) < 4.78 is 71.6. The van der Waals surface area contributed by atoms with Gasteiger partial charge in [-0.3, -0.25) is 4.90 Å². The largest absolute Gasteiger partial charge is 0.489 e. The molecular formula is C64H66F4N4O. The van der Waals surface area contributed by atoms with Gasteiger partial charge in [0.2, 0.25) is 0 Å². The lowest BCUT2D eigenvalue weighted by Gasteiger charge is -2.43. The molecule has 10 aliphatic carbocycles. The van der Waals surface area contributed by atoms with Crippen LogP contribution in [0.5, 0.6) is 0 Å². The zero-order valence-electron chi connectivity index (χ0n) is 41.5. The molecule has 3 heterocycles. The van der Waals surface area contributed by atoms with Crippen LogP contribution in [0, 0.1) is 17.8 Å². The lowest BCUT2D eigenvalue weighted by atomic mass is 9.84. The number of nitrogens with zero attached hydrogens (tertiary/aromatic N) is 4. The van der Waals surface area contributed by atoms with Crippen molar-refractivity contribution < 1.29 is 22.3 Å². The van der Waals surface area contributed by atoms with Crippen LogP contribution >= 0.6 is 0 Å². The summed E-state index contributed by atoms with van der Waals surface area (Å²) in [4.78, 5) is 9.39. The van der Waals surface area contributed by atoms with E-state index in [4.69, 9.17) is 4.74 Å². The fourth-order valence-corrected chi connectivity index (χ4v) is 15.5. The molecule has 0 amide bonds. The first-order valence-electron chi connectivity index (χ1n) is 27.7. The van der Waals surface area contributed by atoms with E-state index in [1.807, 2.05) is 15.9 Å². The van der Waals surface area contributed by atoms with Crippen molar-refractivity contribution in [2.45, 2.75) is 157 Å². The fourth-order valence-electron chi connectivity index (χ4n) is 15.5. The summed E-state index contributed by atoms with van der Waals surface area (Å²) in [6.07, 6.45) is 51.8. The first kappa shape index (κ1) is 45.8. The number of fused-ring (bicyclic) bond motifs is 9. The van der Waals surface area contributed by atoms with Crippen LogP contribution in [0.25, 0.3) is 12.2 Å². The third kappa shape index (κ3) is 7.70. The Morgan fingerprint density at radius 2 is 1.52 bits per heavy atom. The van der Waals surface area contributed by atoms with E-state index in [0.717, 1.165) is 103 Å². The molecule has 1 aromatic carbocycles. The maximum atomic E-state index is 16.2. The van der Waals surface area contributed by atoms with Crippen molar-refractivity contribution in [2.75, 3.05) is 4.90 Å². The molecule has 2 fully saturated rings. The van der Waals surface area contributed by atoms with Gasteiger partial charge in [-0.2, -0.15) is 0 Å². The maximum absolute atomic E-state index is 16.2. The van der Waals surface area contributed by atoms with E-state index in [9.17, 15) is 0 Å². The van der Waals surface area contributed by atoms with Crippen molar-refractivity contribution in [3.63, 3.8) is 0 Å². The van der Waals surface area contributed by atoms with Gasteiger partial charge in [0.15, 0.2) is 0 Å². The Kier molecular flexibility index (Phi) is 11.6. The zero-order chi connectivity index (χ0) is 48.9. The highest BCUT2D eigenvalue weighted by molar-refractivity contribution is 5.62. The minimum absolute atomic E-state index is 0.0278. The Labute approximate surface area is 427 Å². The molecule has 0 aromatic heterocycles. The normalized spacial score (nSPS) is 37.5. The molecule has 5 nitrogen and oxygen atoms in total. The van der Waals surface area contributed by atoms with Gasteiger partial charge in [-0.25, -0.2) is 17.6 Å². The van der Waals surface area contributed by atoms with Crippen LogP contribution in [0.1, 0.15) is 89.9 Å². The van der Waals surface area contributed by atoms with Gasteiger partial charge < -0.3 is 19.4 Å². The van der Waals surface area contributed by atoms with Crippen molar-refractivity contribution in [1.82, 2.24) is 14.7 Å². The van der Waals surface area contributed by atoms with Crippen LogP contribution in [0.2, 0.25) is 0 Å². The summed E-state index contributed by atoms with van der Waals surface area (Å²) in [6, 6.07) is 6.69. The summed E-state index contributed by atoms with van der Waals surface area (Å²) in [7, 11) is 0. The Hall–Kier alpha value is -5.80. The van der Waals surface area contributed by atoms with E-state index < -0.39 is 30.4 Å². The first-order chi connectivity index (χ1) is 35.9.